The molecule has 0 unspecified atom stereocenters. The van der Waals surface area contributed by atoms with Gasteiger partial charge < -0.3 is 15.2 Å². The van der Waals surface area contributed by atoms with Crippen LogP contribution in [-0.4, -0.2) is 30.2 Å². The maximum Gasteiger partial charge on any atom is 0.313 e. The van der Waals surface area contributed by atoms with Crippen molar-refractivity contribution in [3.8, 4) is 0 Å². The normalized spacial score (nSPS) is 16.3. The number of carboxylic acid groups (broad SMARTS) is 1. The molecule has 1 saturated carbocycles. The lowest BCUT2D eigenvalue weighted by atomic mass is 9.66. The van der Waals surface area contributed by atoms with Gasteiger partial charge in [0.05, 0.1) is 10.8 Å². The molecule has 0 radical (unpaired) electrons. The molecule has 1 aliphatic carbocycles. The van der Waals surface area contributed by atoms with Crippen molar-refractivity contribution in [3.63, 3.8) is 0 Å². The second kappa shape index (κ2) is 7.34. The monoisotopic (exact) mass is 333 g/mol. The van der Waals surface area contributed by atoms with Gasteiger partial charge in [-0.1, -0.05) is 18.6 Å². The number of benzene rings is 1. The molecule has 1 fully saturated rings. The zero-order chi connectivity index (χ0) is 17.8. The van der Waals surface area contributed by atoms with E-state index in [1.54, 1.807) is 38.1 Å². The summed E-state index contributed by atoms with van der Waals surface area (Å²) in [5, 5.41) is 12.3. The Morgan fingerprint density at radius 3 is 2.33 bits per heavy atom. The predicted molar refractivity (Wildman–Crippen MR) is 93.1 cm³/mol. The van der Waals surface area contributed by atoms with Crippen LogP contribution in [0.1, 0.15) is 52.0 Å². The first-order valence-electron chi connectivity index (χ1n) is 8.55. The molecule has 24 heavy (non-hydrogen) atoms. The van der Waals surface area contributed by atoms with Crippen molar-refractivity contribution in [3.05, 3.63) is 29.8 Å². The molecule has 0 saturated heterocycles. The van der Waals surface area contributed by atoms with Gasteiger partial charge in [-0.3, -0.25) is 9.59 Å². The standard InChI is InChI=1S/C19H27NO4/c1-4-24-13-12-19(10-5-11-19)16(21)20-15-8-6-14(7-9-15)18(2,3)17(22)23/h6-9H,4-5,10-13H2,1-3H3,(H,20,21)(H,22,23). The van der Waals surface area contributed by atoms with E-state index in [-0.39, 0.29) is 11.3 Å². The van der Waals surface area contributed by atoms with Gasteiger partial charge in [-0.2, -0.15) is 0 Å². The average molecular weight is 333 g/mol. The summed E-state index contributed by atoms with van der Waals surface area (Å²) < 4.78 is 5.41. The van der Waals surface area contributed by atoms with E-state index in [4.69, 9.17) is 4.74 Å². The number of carbonyl (C=O) groups excluding carboxylic acids is 1. The van der Waals surface area contributed by atoms with Crippen LogP contribution in [0, 0.1) is 5.41 Å². The minimum absolute atomic E-state index is 0.0405. The summed E-state index contributed by atoms with van der Waals surface area (Å²) in [5.41, 5.74) is 0.152. The first-order valence-corrected chi connectivity index (χ1v) is 8.55. The quantitative estimate of drug-likeness (QED) is 0.713. The third kappa shape index (κ3) is 3.78. The highest BCUT2D eigenvalue weighted by molar-refractivity contribution is 5.96. The Kier molecular flexibility index (Phi) is 5.65. The first-order chi connectivity index (χ1) is 11.3. The van der Waals surface area contributed by atoms with E-state index >= 15 is 0 Å². The topological polar surface area (TPSA) is 75.6 Å². The molecule has 0 aliphatic heterocycles. The number of carbonyl (C=O) groups is 2. The van der Waals surface area contributed by atoms with E-state index in [0.717, 1.165) is 25.7 Å². The van der Waals surface area contributed by atoms with Gasteiger partial charge in [-0.25, -0.2) is 0 Å². The van der Waals surface area contributed by atoms with Crippen LogP contribution in [0.2, 0.25) is 0 Å². The zero-order valence-electron chi connectivity index (χ0n) is 14.7. The second-order valence-electron chi connectivity index (χ2n) is 7.04. The molecule has 1 aliphatic rings. The molecule has 0 heterocycles. The largest absolute Gasteiger partial charge is 0.481 e. The van der Waals surface area contributed by atoms with E-state index in [9.17, 15) is 14.7 Å². The summed E-state index contributed by atoms with van der Waals surface area (Å²) in [6.45, 7) is 6.56. The molecule has 0 aromatic heterocycles. The third-order valence-corrected chi connectivity index (χ3v) is 5.12. The van der Waals surface area contributed by atoms with Gasteiger partial charge in [0.2, 0.25) is 5.91 Å². The van der Waals surface area contributed by atoms with Crippen molar-refractivity contribution >= 4 is 17.6 Å². The van der Waals surface area contributed by atoms with Crippen molar-refractivity contribution < 1.29 is 19.4 Å². The Morgan fingerprint density at radius 2 is 1.88 bits per heavy atom. The van der Waals surface area contributed by atoms with Crippen molar-refractivity contribution in [1.29, 1.82) is 0 Å². The number of hydrogen-bond donors (Lipinski definition) is 2. The summed E-state index contributed by atoms with van der Waals surface area (Å²) in [5.74, 6) is -0.831. The minimum atomic E-state index is -0.949. The highest BCUT2D eigenvalue weighted by atomic mass is 16.5. The van der Waals surface area contributed by atoms with Crippen LogP contribution in [-0.2, 0) is 19.7 Å². The maximum absolute atomic E-state index is 12.6. The van der Waals surface area contributed by atoms with E-state index in [1.807, 2.05) is 6.92 Å². The fourth-order valence-corrected chi connectivity index (χ4v) is 2.96. The van der Waals surface area contributed by atoms with Gasteiger partial charge in [0.1, 0.15) is 0 Å². The molecule has 0 bridgehead atoms. The summed E-state index contributed by atoms with van der Waals surface area (Å²) in [6.07, 6.45) is 3.62. The number of ether oxygens (including phenoxy) is 1. The molecule has 1 aromatic rings. The lowest BCUT2D eigenvalue weighted by Gasteiger charge is -2.40. The number of aliphatic carboxylic acids is 1. The fraction of sp³-hybridized carbons (Fsp3) is 0.579. The van der Waals surface area contributed by atoms with Crippen LogP contribution < -0.4 is 5.32 Å². The Labute approximate surface area is 143 Å². The summed E-state index contributed by atoms with van der Waals surface area (Å²) in [7, 11) is 0. The zero-order valence-corrected chi connectivity index (χ0v) is 14.7. The van der Waals surface area contributed by atoms with Crippen LogP contribution in [0.15, 0.2) is 24.3 Å². The van der Waals surface area contributed by atoms with Crippen LogP contribution in [0.4, 0.5) is 5.69 Å². The number of rotatable bonds is 8. The van der Waals surface area contributed by atoms with Gasteiger partial charge in [0.15, 0.2) is 0 Å². The van der Waals surface area contributed by atoms with Crippen LogP contribution >= 0.6 is 0 Å². The lowest BCUT2D eigenvalue weighted by molar-refractivity contribution is -0.142. The molecule has 0 atom stereocenters. The number of nitrogens with one attached hydrogen (secondary N) is 1. The van der Waals surface area contributed by atoms with Crippen LogP contribution in [0.5, 0.6) is 0 Å². The third-order valence-electron chi connectivity index (χ3n) is 5.12. The van der Waals surface area contributed by atoms with E-state index in [0.29, 0.717) is 24.5 Å². The second-order valence-corrected chi connectivity index (χ2v) is 7.04. The van der Waals surface area contributed by atoms with Crippen molar-refractivity contribution in [2.75, 3.05) is 18.5 Å². The first kappa shape index (κ1) is 18.5. The number of hydrogen-bond acceptors (Lipinski definition) is 3. The fourth-order valence-electron chi connectivity index (χ4n) is 2.96. The van der Waals surface area contributed by atoms with Crippen LogP contribution in [0.25, 0.3) is 0 Å². The van der Waals surface area contributed by atoms with Crippen molar-refractivity contribution in [2.24, 2.45) is 5.41 Å². The Morgan fingerprint density at radius 1 is 1.25 bits per heavy atom. The molecule has 1 aromatic carbocycles. The maximum atomic E-state index is 12.6. The minimum Gasteiger partial charge on any atom is -0.481 e. The number of carboxylic acids is 1. The van der Waals surface area contributed by atoms with Crippen molar-refractivity contribution in [2.45, 2.75) is 51.9 Å². The molecule has 5 heteroatoms. The Bertz CT molecular complexity index is 588. The van der Waals surface area contributed by atoms with Crippen molar-refractivity contribution in [1.82, 2.24) is 0 Å². The SMILES string of the molecule is CCOCCC1(C(=O)Nc2ccc(C(C)(C)C(=O)O)cc2)CCC1. The average Bonchev–Trinajstić information content (AvgIpc) is 2.50. The molecule has 2 rings (SSSR count). The van der Waals surface area contributed by atoms with Gasteiger partial charge in [-0.05, 0) is 57.7 Å². The molecule has 1 amide bonds. The summed E-state index contributed by atoms with van der Waals surface area (Å²) >= 11 is 0. The Balaban J connectivity index is 2.02. The number of amides is 1. The predicted octanol–water partition coefficient (Wildman–Crippen LogP) is 3.58. The smallest absolute Gasteiger partial charge is 0.313 e. The molecular formula is C19H27NO4. The molecular weight excluding hydrogens is 306 g/mol. The van der Waals surface area contributed by atoms with E-state index < -0.39 is 11.4 Å². The van der Waals surface area contributed by atoms with Gasteiger partial charge in [0, 0.05) is 18.9 Å². The van der Waals surface area contributed by atoms with Gasteiger partial charge in [-0.15, -0.1) is 0 Å². The molecule has 132 valence electrons. The highest BCUT2D eigenvalue weighted by Crippen LogP contribution is 2.45. The summed E-state index contributed by atoms with van der Waals surface area (Å²) in [4.78, 5) is 23.9. The van der Waals surface area contributed by atoms with Crippen LogP contribution in [0.3, 0.4) is 0 Å². The number of anilines is 1. The molecule has 5 nitrogen and oxygen atoms in total. The molecule has 0 spiro atoms. The highest BCUT2D eigenvalue weighted by Gasteiger charge is 2.43. The van der Waals surface area contributed by atoms with Gasteiger partial charge in [0.25, 0.3) is 0 Å². The van der Waals surface area contributed by atoms with E-state index in [1.165, 1.54) is 0 Å². The molecule has 2 N–H and O–H groups in total. The van der Waals surface area contributed by atoms with Gasteiger partial charge >= 0.3 is 5.97 Å². The Hall–Kier alpha value is -1.88. The summed E-state index contributed by atoms with van der Waals surface area (Å²) in [6, 6.07) is 7.06. The lowest BCUT2D eigenvalue weighted by Crippen LogP contribution is -2.42. The van der Waals surface area contributed by atoms with E-state index in [2.05, 4.69) is 5.32 Å².